The summed E-state index contributed by atoms with van der Waals surface area (Å²) in [4.78, 5) is 0. The average molecular weight is 447 g/mol. The molecule has 0 radical (unpaired) electrons. The van der Waals surface area contributed by atoms with Crippen LogP contribution >= 0.6 is 0 Å². The zero-order valence-corrected chi connectivity index (χ0v) is 20.6. The zero-order valence-electron chi connectivity index (χ0n) is 20.6. The van der Waals surface area contributed by atoms with Gasteiger partial charge in [0.1, 0.15) is 29.3 Å². The van der Waals surface area contributed by atoms with Gasteiger partial charge in [-0.2, -0.15) is 0 Å². The van der Waals surface area contributed by atoms with Crippen molar-refractivity contribution in [3.63, 3.8) is 0 Å². The Balaban J connectivity index is 1.84. The number of ether oxygens (including phenoxy) is 1. The van der Waals surface area contributed by atoms with Gasteiger partial charge in [0.15, 0.2) is 0 Å². The number of phenolic OH excluding ortho intramolecular Hbond substituents is 1. The maximum Gasteiger partial charge on any atom is 0.126 e. The lowest BCUT2D eigenvalue weighted by Gasteiger charge is -2.37. The third kappa shape index (κ3) is 7.65. The van der Waals surface area contributed by atoms with Gasteiger partial charge in [0.25, 0.3) is 0 Å². The van der Waals surface area contributed by atoms with Gasteiger partial charge < -0.3 is 25.2 Å². The summed E-state index contributed by atoms with van der Waals surface area (Å²) in [5, 5.41) is 40.9. The Kier molecular flexibility index (Phi) is 8.98. The second-order valence-corrected chi connectivity index (χ2v) is 10.3. The number of allylic oxidation sites excluding steroid dienone is 2. The summed E-state index contributed by atoms with van der Waals surface area (Å²) < 4.78 is 6.35. The molecule has 0 saturated heterocycles. The maximum absolute atomic E-state index is 10.8. The van der Waals surface area contributed by atoms with Crippen molar-refractivity contribution in [3.8, 4) is 11.5 Å². The SMILES string of the molecule is CC(C)=C[C@@H](O)[C@@H](O)C(C)=CCC[C@@](C)(O)CCC[C@]1(C)CCc2cc(O)cc(C)c2O1. The second-order valence-electron chi connectivity index (χ2n) is 10.3. The van der Waals surface area contributed by atoms with Gasteiger partial charge in [-0.05, 0) is 115 Å². The van der Waals surface area contributed by atoms with Crippen LogP contribution in [0.25, 0.3) is 0 Å². The van der Waals surface area contributed by atoms with E-state index in [9.17, 15) is 20.4 Å². The molecule has 0 unspecified atom stereocenters. The van der Waals surface area contributed by atoms with Crippen LogP contribution in [0.3, 0.4) is 0 Å². The Labute approximate surface area is 193 Å². The number of benzene rings is 1. The number of aromatic hydroxyl groups is 1. The maximum atomic E-state index is 10.8. The van der Waals surface area contributed by atoms with E-state index < -0.39 is 17.8 Å². The summed E-state index contributed by atoms with van der Waals surface area (Å²) in [6.07, 6.45) is 7.08. The van der Waals surface area contributed by atoms with E-state index in [4.69, 9.17) is 4.74 Å². The van der Waals surface area contributed by atoms with Crippen molar-refractivity contribution < 1.29 is 25.2 Å². The van der Waals surface area contributed by atoms with Crippen molar-refractivity contribution in [2.24, 2.45) is 0 Å². The smallest absolute Gasteiger partial charge is 0.126 e. The second kappa shape index (κ2) is 10.9. The molecule has 1 aliphatic heterocycles. The zero-order chi connectivity index (χ0) is 24.1. The lowest BCUT2D eigenvalue weighted by molar-refractivity contribution is 0.0198. The van der Waals surface area contributed by atoms with Gasteiger partial charge in [-0.3, -0.25) is 0 Å². The molecule has 5 nitrogen and oxygen atoms in total. The number of hydrogen-bond donors (Lipinski definition) is 4. The normalized spacial score (nSPS) is 22.3. The molecule has 0 aliphatic carbocycles. The molecule has 5 heteroatoms. The van der Waals surface area contributed by atoms with Gasteiger partial charge in [-0.1, -0.05) is 17.7 Å². The third-order valence-corrected chi connectivity index (χ3v) is 6.47. The molecule has 4 N–H and O–H groups in total. The van der Waals surface area contributed by atoms with Crippen LogP contribution in [0.4, 0.5) is 0 Å². The molecule has 32 heavy (non-hydrogen) atoms. The molecule has 1 aromatic rings. The van der Waals surface area contributed by atoms with E-state index in [0.717, 1.165) is 48.1 Å². The summed E-state index contributed by atoms with van der Waals surface area (Å²) >= 11 is 0. The highest BCUT2D eigenvalue weighted by Gasteiger charge is 2.33. The summed E-state index contributed by atoms with van der Waals surface area (Å²) in [7, 11) is 0. The van der Waals surface area contributed by atoms with Crippen molar-refractivity contribution in [1.82, 2.24) is 0 Å². The van der Waals surface area contributed by atoms with Gasteiger partial charge in [0.2, 0.25) is 0 Å². The lowest BCUT2D eigenvalue weighted by atomic mass is 9.85. The summed E-state index contributed by atoms with van der Waals surface area (Å²) in [5.74, 6) is 1.17. The first-order valence-electron chi connectivity index (χ1n) is 11.7. The Hall–Kier alpha value is -1.82. The molecule has 0 aromatic heterocycles. The first-order valence-corrected chi connectivity index (χ1v) is 11.7. The Bertz CT molecular complexity index is 835. The van der Waals surface area contributed by atoms with Gasteiger partial charge in [0, 0.05) is 0 Å². The molecule has 0 saturated carbocycles. The fourth-order valence-corrected chi connectivity index (χ4v) is 4.43. The van der Waals surface area contributed by atoms with E-state index in [1.165, 1.54) is 0 Å². The van der Waals surface area contributed by atoms with E-state index in [0.29, 0.717) is 24.8 Å². The number of phenols is 1. The predicted octanol–water partition coefficient (Wildman–Crippen LogP) is 5.12. The molecule has 4 atom stereocenters. The molecule has 1 aromatic carbocycles. The monoisotopic (exact) mass is 446 g/mol. The number of aryl methyl sites for hydroxylation is 2. The van der Waals surface area contributed by atoms with Crippen LogP contribution in [-0.2, 0) is 6.42 Å². The molecular weight excluding hydrogens is 404 g/mol. The van der Waals surface area contributed by atoms with Crippen molar-refractivity contribution in [2.45, 2.75) is 110 Å². The third-order valence-electron chi connectivity index (χ3n) is 6.47. The van der Waals surface area contributed by atoms with E-state index in [1.54, 1.807) is 18.2 Å². The van der Waals surface area contributed by atoms with Crippen LogP contribution < -0.4 is 4.74 Å². The highest BCUT2D eigenvalue weighted by Crippen LogP contribution is 2.40. The van der Waals surface area contributed by atoms with E-state index in [1.807, 2.05) is 40.7 Å². The highest BCUT2D eigenvalue weighted by atomic mass is 16.5. The fraction of sp³-hybridized carbons (Fsp3) is 0.630. The lowest BCUT2D eigenvalue weighted by Crippen LogP contribution is -2.37. The largest absolute Gasteiger partial charge is 0.508 e. The number of rotatable bonds is 10. The molecular formula is C27H42O5. The summed E-state index contributed by atoms with van der Waals surface area (Å²) in [6, 6.07) is 3.53. The number of hydrogen-bond acceptors (Lipinski definition) is 5. The predicted molar refractivity (Wildman–Crippen MR) is 129 cm³/mol. The molecule has 0 spiro atoms. The van der Waals surface area contributed by atoms with Gasteiger partial charge in [-0.25, -0.2) is 0 Å². The molecule has 0 amide bonds. The minimum absolute atomic E-state index is 0.271. The van der Waals surface area contributed by atoms with Crippen molar-refractivity contribution >= 4 is 0 Å². The Morgan fingerprint density at radius 2 is 1.91 bits per heavy atom. The molecule has 1 heterocycles. The van der Waals surface area contributed by atoms with E-state index in [2.05, 4.69) is 6.92 Å². The fourth-order valence-electron chi connectivity index (χ4n) is 4.43. The summed E-state index contributed by atoms with van der Waals surface area (Å²) in [5.41, 5.74) is 2.62. The quantitative estimate of drug-likeness (QED) is 0.375. The molecule has 1 aliphatic rings. The molecule has 2 rings (SSSR count). The van der Waals surface area contributed by atoms with Crippen LogP contribution in [0, 0.1) is 6.92 Å². The Morgan fingerprint density at radius 1 is 1.22 bits per heavy atom. The van der Waals surface area contributed by atoms with Gasteiger partial charge in [-0.15, -0.1) is 0 Å². The Morgan fingerprint density at radius 3 is 2.56 bits per heavy atom. The van der Waals surface area contributed by atoms with Crippen LogP contribution in [0.1, 0.15) is 84.3 Å². The minimum Gasteiger partial charge on any atom is -0.508 e. The molecule has 0 fully saturated rings. The number of aliphatic hydroxyl groups is 3. The van der Waals surface area contributed by atoms with E-state index in [-0.39, 0.29) is 11.4 Å². The average Bonchev–Trinajstić information content (AvgIpc) is 2.67. The van der Waals surface area contributed by atoms with Crippen LogP contribution in [-0.4, -0.2) is 43.8 Å². The van der Waals surface area contributed by atoms with Crippen LogP contribution in [0.5, 0.6) is 11.5 Å². The summed E-state index contributed by atoms with van der Waals surface area (Å²) in [6.45, 7) is 11.5. The van der Waals surface area contributed by atoms with Gasteiger partial charge >= 0.3 is 0 Å². The molecule has 0 bridgehead atoms. The molecule has 180 valence electrons. The number of aliphatic hydroxyl groups excluding tert-OH is 2. The van der Waals surface area contributed by atoms with E-state index >= 15 is 0 Å². The minimum atomic E-state index is -0.925. The van der Waals surface area contributed by atoms with Crippen LogP contribution in [0.2, 0.25) is 0 Å². The topological polar surface area (TPSA) is 90.2 Å². The highest BCUT2D eigenvalue weighted by molar-refractivity contribution is 5.47. The van der Waals surface area contributed by atoms with Crippen molar-refractivity contribution in [1.29, 1.82) is 0 Å². The standard InChI is InChI=1S/C27H42O5/c1-18(2)15-23(29)24(30)19(3)9-7-11-26(5,31)12-8-13-27(6)14-10-21-17-22(28)16-20(4)25(21)32-27/h9,15-17,23-24,28-31H,7-8,10-14H2,1-6H3/t23-,24+,26-,27-/m1/s1. The van der Waals surface area contributed by atoms with Crippen molar-refractivity contribution in [2.75, 3.05) is 0 Å². The van der Waals surface area contributed by atoms with Crippen molar-refractivity contribution in [3.05, 3.63) is 46.6 Å². The first-order chi connectivity index (χ1) is 14.8. The van der Waals surface area contributed by atoms with Gasteiger partial charge in [0.05, 0.1) is 5.60 Å². The van der Waals surface area contributed by atoms with Crippen LogP contribution in [0.15, 0.2) is 35.4 Å². The first kappa shape index (κ1) is 26.4. The number of fused-ring (bicyclic) bond motifs is 1.